The highest BCUT2D eigenvalue weighted by Crippen LogP contribution is 2.26. The number of benzene rings is 2. The van der Waals surface area contributed by atoms with Crippen LogP contribution >= 0.6 is 23.2 Å². The number of anilines is 1. The molecule has 0 aliphatic heterocycles. The minimum Gasteiger partial charge on any atom is -0.407 e. The number of fused-ring (bicyclic) bond motifs is 1. The van der Waals surface area contributed by atoms with Crippen LogP contribution in [0, 0.1) is 10.1 Å². The maximum atomic E-state index is 12.5. The van der Waals surface area contributed by atoms with E-state index in [2.05, 4.69) is 10.4 Å². The highest BCUT2D eigenvalue weighted by molar-refractivity contribution is 6.36. The summed E-state index contributed by atoms with van der Waals surface area (Å²) >= 11 is 12.4. The first-order valence-electron chi connectivity index (χ1n) is 9.86. The maximum absolute atomic E-state index is 12.5. The zero-order chi connectivity index (χ0) is 23.5. The number of aromatic nitrogens is 3. The van der Waals surface area contributed by atoms with Gasteiger partial charge in [-0.1, -0.05) is 29.3 Å². The summed E-state index contributed by atoms with van der Waals surface area (Å²) in [6.07, 6.45) is 2.03. The number of rotatable bonds is 8. The van der Waals surface area contributed by atoms with E-state index in [1.165, 1.54) is 22.8 Å². The molecule has 4 aromatic rings. The molecule has 0 saturated carbocycles. The van der Waals surface area contributed by atoms with E-state index in [0.717, 1.165) is 0 Å². The number of nitrogens with zero attached hydrogens (tertiary/aromatic N) is 4. The number of aryl methyl sites for hydroxylation is 1. The van der Waals surface area contributed by atoms with Gasteiger partial charge in [-0.2, -0.15) is 5.10 Å². The van der Waals surface area contributed by atoms with Crippen LogP contribution in [0.1, 0.15) is 18.4 Å². The molecule has 4 rings (SSSR count). The van der Waals surface area contributed by atoms with Crippen molar-refractivity contribution < 1.29 is 14.1 Å². The third-order valence-electron chi connectivity index (χ3n) is 5.00. The molecule has 0 aliphatic carbocycles. The lowest BCUT2D eigenvalue weighted by atomic mass is 10.2. The van der Waals surface area contributed by atoms with Crippen LogP contribution in [0.4, 0.5) is 11.5 Å². The summed E-state index contributed by atoms with van der Waals surface area (Å²) in [4.78, 5) is 34.9. The molecule has 33 heavy (non-hydrogen) atoms. The van der Waals surface area contributed by atoms with E-state index in [9.17, 15) is 19.7 Å². The molecule has 2 aromatic heterocycles. The van der Waals surface area contributed by atoms with Gasteiger partial charge in [-0.3, -0.25) is 19.5 Å². The van der Waals surface area contributed by atoms with Crippen molar-refractivity contribution in [2.24, 2.45) is 0 Å². The van der Waals surface area contributed by atoms with Crippen LogP contribution in [0.2, 0.25) is 10.0 Å². The van der Waals surface area contributed by atoms with Gasteiger partial charge < -0.3 is 9.73 Å². The first-order chi connectivity index (χ1) is 15.8. The summed E-state index contributed by atoms with van der Waals surface area (Å²) in [5, 5.41) is 18.9. The minimum absolute atomic E-state index is 0.126. The van der Waals surface area contributed by atoms with Crippen LogP contribution in [0.3, 0.4) is 0 Å². The van der Waals surface area contributed by atoms with Crippen LogP contribution in [0.25, 0.3) is 11.1 Å². The molecule has 1 amide bonds. The number of hydrogen-bond acceptors (Lipinski definition) is 6. The topological polar surface area (TPSA) is 125 Å². The molecule has 2 aromatic carbocycles. The monoisotopic (exact) mass is 489 g/mol. The number of carbonyl (C=O) groups is 1. The third kappa shape index (κ3) is 4.91. The summed E-state index contributed by atoms with van der Waals surface area (Å²) in [5.41, 5.74) is 1.07. The normalized spacial score (nSPS) is 11.1. The van der Waals surface area contributed by atoms with Gasteiger partial charge >= 0.3 is 5.76 Å². The number of carbonyl (C=O) groups excluding carboxylic acids is 1. The predicted octanol–water partition coefficient (Wildman–Crippen LogP) is 4.47. The number of non-ortho nitro benzene ring substituents is 1. The van der Waals surface area contributed by atoms with Crippen LogP contribution in [0.5, 0.6) is 0 Å². The smallest absolute Gasteiger partial charge is 0.407 e. The second-order valence-electron chi connectivity index (χ2n) is 7.15. The van der Waals surface area contributed by atoms with E-state index in [4.69, 9.17) is 27.6 Å². The Kier molecular flexibility index (Phi) is 6.47. The van der Waals surface area contributed by atoms with E-state index in [0.29, 0.717) is 33.4 Å². The SMILES string of the molecule is O=C(CCCn1c(=O)oc2cc([N+](=O)[O-])ccc21)Nc1ccnn1Cc1c(Cl)cccc1Cl. The highest BCUT2D eigenvalue weighted by Gasteiger charge is 2.15. The van der Waals surface area contributed by atoms with Gasteiger partial charge in [0, 0.05) is 40.7 Å². The van der Waals surface area contributed by atoms with Crippen LogP contribution in [-0.4, -0.2) is 25.2 Å². The van der Waals surface area contributed by atoms with Crippen LogP contribution < -0.4 is 11.1 Å². The first kappa shape index (κ1) is 22.6. The third-order valence-corrected chi connectivity index (χ3v) is 5.71. The molecule has 2 heterocycles. The van der Waals surface area contributed by atoms with Crippen molar-refractivity contribution in [1.82, 2.24) is 14.3 Å². The molecule has 0 spiro atoms. The van der Waals surface area contributed by atoms with Gasteiger partial charge in [-0.25, -0.2) is 9.48 Å². The molecular formula is C21H17Cl2N5O5. The van der Waals surface area contributed by atoms with Gasteiger partial charge in [0.25, 0.3) is 5.69 Å². The number of nitrogens with one attached hydrogen (secondary N) is 1. The zero-order valence-corrected chi connectivity index (χ0v) is 18.5. The molecule has 0 aliphatic rings. The highest BCUT2D eigenvalue weighted by atomic mass is 35.5. The standard InChI is InChI=1S/C21H17Cl2N5O5/c22-15-3-1-4-16(23)14(15)12-27-19(8-9-24-27)25-20(29)5-2-10-26-17-7-6-13(28(31)32)11-18(17)33-21(26)30/h1,3-4,6-9,11H,2,5,10,12H2,(H,25,29). The molecule has 12 heteroatoms. The van der Waals surface area contributed by atoms with Crippen molar-refractivity contribution in [2.45, 2.75) is 25.9 Å². The van der Waals surface area contributed by atoms with Gasteiger partial charge in [-0.05, 0) is 24.6 Å². The molecule has 0 radical (unpaired) electrons. The molecular weight excluding hydrogens is 473 g/mol. The molecule has 0 saturated heterocycles. The van der Waals surface area contributed by atoms with Crippen LogP contribution in [-0.2, 0) is 17.9 Å². The van der Waals surface area contributed by atoms with Crippen molar-refractivity contribution in [3.8, 4) is 0 Å². The fraction of sp³-hybridized carbons (Fsp3) is 0.190. The summed E-state index contributed by atoms with van der Waals surface area (Å²) in [5.74, 6) is -0.423. The van der Waals surface area contributed by atoms with E-state index < -0.39 is 10.7 Å². The fourth-order valence-electron chi connectivity index (χ4n) is 3.38. The Bertz CT molecular complexity index is 1390. The van der Waals surface area contributed by atoms with E-state index in [1.807, 2.05) is 0 Å². The Morgan fingerprint density at radius 2 is 1.94 bits per heavy atom. The van der Waals surface area contributed by atoms with Crippen molar-refractivity contribution >= 4 is 51.7 Å². The lowest BCUT2D eigenvalue weighted by Gasteiger charge is -2.11. The van der Waals surface area contributed by atoms with Crippen molar-refractivity contribution in [2.75, 3.05) is 5.32 Å². The molecule has 0 unspecified atom stereocenters. The largest absolute Gasteiger partial charge is 0.419 e. The van der Waals surface area contributed by atoms with Crippen molar-refractivity contribution in [3.63, 3.8) is 0 Å². The van der Waals surface area contributed by atoms with Gasteiger partial charge in [-0.15, -0.1) is 0 Å². The predicted molar refractivity (Wildman–Crippen MR) is 123 cm³/mol. The van der Waals surface area contributed by atoms with E-state index in [-0.39, 0.29) is 36.7 Å². The molecule has 10 nitrogen and oxygen atoms in total. The Balaban J connectivity index is 1.38. The Hall–Kier alpha value is -3.63. The lowest BCUT2D eigenvalue weighted by Crippen LogP contribution is -2.18. The second kappa shape index (κ2) is 9.47. The summed E-state index contributed by atoms with van der Waals surface area (Å²) in [6, 6.07) is 10.8. The molecule has 1 N–H and O–H groups in total. The quantitative estimate of drug-likeness (QED) is 0.287. The number of amides is 1. The average Bonchev–Trinajstić information content (AvgIpc) is 3.33. The molecule has 0 fully saturated rings. The van der Waals surface area contributed by atoms with Gasteiger partial charge in [0.05, 0.1) is 29.2 Å². The van der Waals surface area contributed by atoms with Crippen molar-refractivity contribution in [1.29, 1.82) is 0 Å². The lowest BCUT2D eigenvalue weighted by molar-refractivity contribution is -0.384. The van der Waals surface area contributed by atoms with Gasteiger partial charge in [0.2, 0.25) is 5.91 Å². The number of halogens is 2. The van der Waals surface area contributed by atoms with E-state index in [1.54, 1.807) is 35.1 Å². The maximum Gasteiger partial charge on any atom is 0.419 e. The molecule has 0 bridgehead atoms. The van der Waals surface area contributed by atoms with Gasteiger partial charge in [0.1, 0.15) is 5.82 Å². The average molecular weight is 490 g/mol. The first-order valence-corrected chi connectivity index (χ1v) is 10.6. The minimum atomic E-state index is -0.638. The second-order valence-corrected chi connectivity index (χ2v) is 7.97. The van der Waals surface area contributed by atoms with Gasteiger partial charge in [0.15, 0.2) is 5.58 Å². The molecule has 170 valence electrons. The zero-order valence-electron chi connectivity index (χ0n) is 17.0. The van der Waals surface area contributed by atoms with E-state index >= 15 is 0 Å². The van der Waals surface area contributed by atoms with Crippen molar-refractivity contribution in [3.05, 3.63) is 84.9 Å². The molecule has 0 atom stereocenters. The Morgan fingerprint density at radius 3 is 2.67 bits per heavy atom. The number of nitro groups is 1. The Morgan fingerprint density at radius 1 is 1.18 bits per heavy atom. The fourth-order valence-corrected chi connectivity index (χ4v) is 3.90. The number of nitro benzene ring substituents is 1. The Labute approximate surface area is 196 Å². The van der Waals surface area contributed by atoms with Crippen LogP contribution in [0.15, 0.2) is 57.9 Å². The summed E-state index contributed by atoms with van der Waals surface area (Å²) < 4.78 is 8.01. The number of hydrogen-bond donors (Lipinski definition) is 1. The summed E-state index contributed by atoms with van der Waals surface area (Å²) in [6.45, 7) is 0.495. The summed E-state index contributed by atoms with van der Waals surface area (Å²) in [7, 11) is 0. The number of oxazole rings is 1.